The average molecular weight is 455 g/mol. The number of alkyl halides is 3. The summed E-state index contributed by atoms with van der Waals surface area (Å²) in [5.74, 6) is 1.74. The summed E-state index contributed by atoms with van der Waals surface area (Å²) in [6, 6.07) is 7.03. The molecule has 12 heteroatoms. The highest BCUT2D eigenvalue weighted by molar-refractivity contribution is 6.32. The lowest BCUT2D eigenvalue weighted by Crippen LogP contribution is -2.24. The van der Waals surface area contributed by atoms with Gasteiger partial charge < -0.3 is 19.5 Å². The molecule has 0 saturated carbocycles. The lowest BCUT2D eigenvalue weighted by Gasteiger charge is -2.11. The maximum Gasteiger partial charge on any atom is 0.417 e. The van der Waals surface area contributed by atoms with Crippen LogP contribution in [-0.4, -0.2) is 34.7 Å². The second-order valence-corrected chi connectivity index (χ2v) is 6.66. The Morgan fingerprint density at radius 2 is 1.97 bits per heavy atom. The number of anilines is 1. The molecule has 0 fully saturated rings. The molecule has 0 atom stereocenters. The Bertz CT molecular complexity index is 1150. The quantitative estimate of drug-likeness (QED) is 0.570. The SMILES string of the molecule is O=c1c(Cl)c(NCCOc2ccc3c(c2)OCO3)cnn1-c1ccc(C(F)(F)F)cn1. The van der Waals surface area contributed by atoms with Gasteiger partial charge in [0.2, 0.25) is 6.79 Å². The van der Waals surface area contributed by atoms with Crippen LogP contribution in [0.4, 0.5) is 18.9 Å². The number of nitrogens with one attached hydrogen (secondary N) is 1. The van der Waals surface area contributed by atoms with Gasteiger partial charge >= 0.3 is 6.18 Å². The van der Waals surface area contributed by atoms with Crippen LogP contribution in [0.25, 0.3) is 5.82 Å². The number of hydrogen-bond donors (Lipinski definition) is 1. The van der Waals surface area contributed by atoms with E-state index >= 15 is 0 Å². The number of aromatic nitrogens is 3. The van der Waals surface area contributed by atoms with E-state index in [0.717, 1.165) is 16.8 Å². The summed E-state index contributed by atoms with van der Waals surface area (Å²) in [5.41, 5.74) is -1.41. The fourth-order valence-corrected chi connectivity index (χ4v) is 2.92. The van der Waals surface area contributed by atoms with Crippen molar-refractivity contribution >= 4 is 17.3 Å². The summed E-state index contributed by atoms with van der Waals surface area (Å²) in [5, 5.41) is 6.66. The molecule has 4 rings (SSSR count). The van der Waals surface area contributed by atoms with Crippen molar-refractivity contribution in [1.29, 1.82) is 0 Å². The zero-order valence-electron chi connectivity index (χ0n) is 15.6. The Balaban J connectivity index is 1.39. The van der Waals surface area contributed by atoms with E-state index in [1.165, 1.54) is 6.20 Å². The smallest absolute Gasteiger partial charge is 0.417 e. The van der Waals surface area contributed by atoms with Crippen LogP contribution in [0.15, 0.2) is 47.5 Å². The molecule has 0 radical (unpaired) electrons. The Hall–Kier alpha value is -3.47. The normalized spacial score (nSPS) is 12.6. The summed E-state index contributed by atoms with van der Waals surface area (Å²) in [4.78, 5) is 16.1. The fraction of sp³-hybridized carbons (Fsp3) is 0.211. The molecule has 0 amide bonds. The van der Waals surface area contributed by atoms with Crippen molar-refractivity contribution in [2.75, 3.05) is 25.3 Å². The van der Waals surface area contributed by atoms with Crippen LogP contribution in [0.1, 0.15) is 5.56 Å². The highest BCUT2D eigenvalue weighted by Crippen LogP contribution is 2.35. The molecule has 0 bridgehead atoms. The molecule has 0 saturated heterocycles. The zero-order chi connectivity index (χ0) is 22.0. The van der Waals surface area contributed by atoms with E-state index in [-0.39, 0.29) is 29.9 Å². The molecule has 3 heterocycles. The number of hydrogen-bond acceptors (Lipinski definition) is 7. The summed E-state index contributed by atoms with van der Waals surface area (Å²) in [6.45, 7) is 0.719. The van der Waals surface area contributed by atoms with E-state index in [1.807, 2.05) is 0 Å². The van der Waals surface area contributed by atoms with Gasteiger partial charge in [0.05, 0.1) is 17.4 Å². The molecule has 2 aromatic heterocycles. The van der Waals surface area contributed by atoms with Gasteiger partial charge in [-0.2, -0.15) is 23.0 Å². The molecule has 1 aliphatic rings. The van der Waals surface area contributed by atoms with E-state index in [9.17, 15) is 18.0 Å². The van der Waals surface area contributed by atoms with Crippen molar-refractivity contribution in [2.24, 2.45) is 0 Å². The highest BCUT2D eigenvalue weighted by atomic mass is 35.5. The first kappa shape index (κ1) is 20.8. The summed E-state index contributed by atoms with van der Waals surface area (Å²) in [7, 11) is 0. The number of fused-ring (bicyclic) bond motifs is 1. The fourth-order valence-electron chi connectivity index (χ4n) is 2.72. The maximum absolute atomic E-state index is 12.7. The minimum atomic E-state index is -4.53. The average Bonchev–Trinajstić information content (AvgIpc) is 3.21. The molecule has 3 aromatic rings. The van der Waals surface area contributed by atoms with Gasteiger partial charge in [-0.3, -0.25) is 4.79 Å². The van der Waals surface area contributed by atoms with Crippen molar-refractivity contribution in [2.45, 2.75) is 6.18 Å². The standard InChI is InChI=1S/C19H14ClF3N4O4/c20-17-13(24-5-6-29-12-2-3-14-15(7-12)31-10-30-14)9-26-27(18(17)28)16-4-1-11(8-25-16)19(21,22)23/h1-4,7-9,24H,5-6,10H2. The van der Waals surface area contributed by atoms with Gasteiger partial charge in [0.1, 0.15) is 17.4 Å². The summed E-state index contributed by atoms with van der Waals surface area (Å²) in [6.07, 6.45) is -2.63. The van der Waals surface area contributed by atoms with Gasteiger partial charge in [-0.05, 0) is 24.3 Å². The molecule has 1 aliphatic heterocycles. The maximum atomic E-state index is 12.7. The van der Waals surface area contributed by atoms with E-state index in [0.29, 0.717) is 30.0 Å². The monoisotopic (exact) mass is 454 g/mol. The lowest BCUT2D eigenvalue weighted by atomic mass is 10.3. The minimum Gasteiger partial charge on any atom is -0.492 e. The number of pyridine rings is 1. The topological polar surface area (TPSA) is 87.5 Å². The third kappa shape index (κ3) is 4.50. The van der Waals surface area contributed by atoms with Gasteiger partial charge in [-0.1, -0.05) is 11.6 Å². The van der Waals surface area contributed by atoms with Crippen molar-refractivity contribution in [1.82, 2.24) is 14.8 Å². The van der Waals surface area contributed by atoms with Crippen LogP contribution in [-0.2, 0) is 6.18 Å². The number of halogens is 4. The van der Waals surface area contributed by atoms with Gasteiger partial charge in [0.15, 0.2) is 17.3 Å². The molecule has 162 valence electrons. The molecule has 0 unspecified atom stereocenters. The molecular weight excluding hydrogens is 441 g/mol. The number of rotatable bonds is 6. The van der Waals surface area contributed by atoms with E-state index in [1.54, 1.807) is 18.2 Å². The van der Waals surface area contributed by atoms with Crippen LogP contribution < -0.4 is 25.1 Å². The van der Waals surface area contributed by atoms with E-state index in [4.69, 9.17) is 25.8 Å². The van der Waals surface area contributed by atoms with Crippen molar-refractivity contribution < 1.29 is 27.4 Å². The third-order valence-electron chi connectivity index (χ3n) is 4.24. The van der Waals surface area contributed by atoms with E-state index < -0.39 is 17.3 Å². The Morgan fingerprint density at radius 3 is 2.71 bits per heavy atom. The van der Waals surface area contributed by atoms with Crippen LogP contribution >= 0.6 is 11.6 Å². The van der Waals surface area contributed by atoms with Gasteiger partial charge in [-0.25, -0.2) is 4.98 Å². The molecule has 0 spiro atoms. The first-order valence-corrected chi connectivity index (χ1v) is 9.28. The zero-order valence-corrected chi connectivity index (χ0v) is 16.4. The second-order valence-electron chi connectivity index (χ2n) is 6.28. The largest absolute Gasteiger partial charge is 0.492 e. The van der Waals surface area contributed by atoms with Crippen LogP contribution in [0, 0.1) is 0 Å². The minimum absolute atomic E-state index is 0.0856. The Kier molecular flexibility index (Phi) is 5.59. The first-order chi connectivity index (χ1) is 14.8. The number of nitrogens with zero attached hydrogens (tertiary/aromatic N) is 3. The van der Waals surface area contributed by atoms with Gasteiger partial charge in [0.25, 0.3) is 5.56 Å². The van der Waals surface area contributed by atoms with Crippen LogP contribution in [0.3, 0.4) is 0 Å². The molecule has 1 aromatic carbocycles. The third-order valence-corrected chi connectivity index (χ3v) is 4.61. The number of benzene rings is 1. The summed E-state index contributed by atoms with van der Waals surface area (Å²) >= 11 is 6.10. The lowest BCUT2D eigenvalue weighted by molar-refractivity contribution is -0.137. The Morgan fingerprint density at radius 1 is 1.16 bits per heavy atom. The van der Waals surface area contributed by atoms with Crippen molar-refractivity contribution in [3.05, 3.63) is 63.7 Å². The van der Waals surface area contributed by atoms with Crippen molar-refractivity contribution in [3.63, 3.8) is 0 Å². The predicted molar refractivity (Wildman–Crippen MR) is 104 cm³/mol. The molecule has 1 N–H and O–H groups in total. The Labute approximate surface area is 178 Å². The predicted octanol–water partition coefficient (Wildman–Crippen LogP) is 3.52. The molecular formula is C19H14ClF3N4O4. The molecule has 8 nitrogen and oxygen atoms in total. The van der Waals surface area contributed by atoms with Crippen LogP contribution in [0.5, 0.6) is 17.2 Å². The van der Waals surface area contributed by atoms with Crippen LogP contribution in [0.2, 0.25) is 5.02 Å². The molecule has 31 heavy (non-hydrogen) atoms. The van der Waals surface area contributed by atoms with Gasteiger partial charge in [-0.15, -0.1) is 0 Å². The highest BCUT2D eigenvalue weighted by Gasteiger charge is 2.30. The second kappa shape index (κ2) is 8.34. The number of ether oxygens (including phenoxy) is 3. The first-order valence-electron chi connectivity index (χ1n) is 8.91. The molecule has 0 aliphatic carbocycles. The summed E-state index contributed by atoms with van der Waals surface area (Å²) < 4.78 is 54.9. The van der Waals surface area contributed by atoms with Gasteiger partial charge in [0, 0.05) is 18.8 Å². The van der Waals surface area contributed by atoms with Crippen molar-refractivity contribution in [3.8, 4) is 23.1 Å². The van der Waals surface area contributed by atoms with E-state index in [2.05, 4.69) is 15.4 Å².